The lowest BCUT2D eigenvalue weighted by molar-refractivity contribution is 0.668. The van der Waals surface area contributed by atoms with E-state index in [1.54, 1.807) is 0 Å². The number of anilines is 6. The van der Waals surface area contributed by atoms with Crippen LogP contribution in [0.3, 0.4) is 0 Å². The minimum Gasteiger partial charge on any atom is -0.456 e. The molecule has 6 heteroatoms. The molecule has 0 saturated heterocycles. The highest BCUT2D eigenvalue weighted by Gasteiger charge is 2.20. The topological polar surface area (TPSA) is 58.8 Å². The lowest BCUT2D eigenvalue weighted by atomic mass is 10.1. The van der Waals surface area contributed by atoms with Crippen molar-refractivity contribution in [3.05, 3.63) is 176 Å². The van der Waals surface area contributed by atoms with Gasteiger partial charge in [-0.3, -0.25) is 4.90 Å². The number of nitrogens with zero attached hydrogens (tertiary/aromatic N) is 3. The first kappa shape index (κ1) is 29.4. The summed E-state index contributed by atoms with van der Waals surface area (Å²) in [5, 5.41) is 6.33. The maximum absolute atomic E-state index is 6.67. The van der Waals surface area contributed by atoms with Crippen LogP contribution >= 0.6 is 0 Å². The monoisotopic (exact) mass is 683 g/mol. The molecule has 4 heterocycles. The largest absolute Gasteiger partial charge is 0.456 e. The Morgan fingerprint density at radius 3 is 1.25 bits per heavy atom. The summed E-state index contributed by atoms with van der Waals surface area (Å²) in [7, 11) is 0. The van der Waals surface area contributed by atoms with Gasteiger partial charge in [0.15, 0.2) is 0 Å². The Bertz CT molecular complexity index is 2930. The summed E-state index contributed by atoms with van der Waals surface area (Å²) in [5.74, 6) is 0.739. The van der Waals surface area contributed by atoms with Crippen molar-refractivity contribution < 1.29 is 13.3 Å². The van der Waals surface area contributed by atoms with Crippen LogP contribution in [-0.2, 0) is 0 Å². The lowest BCUT2D eigenvalue weighted by Crippen LogP contribution is -2.11. The van der Waals surface area contributed by atoms with Crippen LogP contribution in [0.4, 0.5) is 34.3 Å². The second-order valence-corrected chi connectivity index (χ2v) is 13.2. The first-order chi connectivity index (χ1) is 26.2. The van der Waals surface area contributed by atoms with E-state index in [-0.39, 0.29) is 0 Å². The zero-order valence-corrected chi connectivity index (χ0v) is 28.3. The van der Waals surface area contributed by atoms with Crippen LogP contribution in [0.2, 0.25) is 0 Å². The molecule has 11 aromatic rings. The number of aromatic nitrogens is 1. The quantitative estimate of drug-likeness (QED) is 0.174. The number of furan rings is 3. The molecule has 0 aliphatic rings. The fourth-order valence-corrected chi connectivity index (χ4v) is 7.63. The van der Waals surface area contributed by atoms with Crippen molar-refractivity contribution in [3.63, 3.8) is 0 Å². The molecule has 0 saturated carbocycles. The smallest absolute Gasteiger partial charge is 0.141 e. The number of para-hydroxylation sites is 4. The van der Waals surface area contributed by atoms with Crippen LogP contribution in [0.15, 0.2) is 189 Å². The van der Waals surface area contributed by atoms with Gasteiger partial charge in [0.2, 0.25) is 0 Å². The number of hydrogen-bond donors (Lipinski definition) is 0. The number of benzene rings is 7. The summed E-state index contributed by atoms with van der Waals surface area (Å²) >= 11 is 0. The van der Waals surface area contributed by atoms with Crippen LogP contribution in [0.5, 0.6) is 0 Å². The Morgan fingerprint density at radius 1 is 0.302 bits per heavy atom. The maximum Gasteiger partial charge on any atom is 0.141 e. The molecule has 0 spiro atoms. The second-order valence-electron chi connectivity index (χ2n) is 13.2. The lowest BCUT2D eigenvalue weighted by Gasteiger charge is -2.25. The molecule has 0 fully saturated rings. The summed E-state index contributed by atoms with van der Waals surface area (Å²) in [4.78, 5) is 9.38. The molecule has 0 radical (unpaired) electrons. The first-order valence-electron chi connectivity index (χ1n) is 17.6. The third-order valence-electron chi connectivity index (χ3n) is 10.1. The van der Waals surface area contributed by atoms with Gasteiger partial charge in [0.1, 0.15) is 39.3 Å². The van der Waals surface area contributed by atoms with Gasteiger partial charge in [0.05, 0.1) is 5.69 Å². The van der Waals surface area contributed by atoms with Crippen LogP contribution in [0, 0.1) is 0 Å². The molecule has 0 N–H and O–H groups in total. The SMILES string of the molecule is c1ccc(N(c2ccc3c(c2)oc2ccccc23)c2ccc3c(c2)oc2cc(N(c4ccccc4)c4ccc5c(c4)oc4ccccc45)ncc23)cc1. The number of pyridine rings is 1. The summed E-state index contributed by atoms with van der Waals surface area (Å²) in [6.07, 6.45) is 1.91. The van der Waals surface area contributed by atoms with E-state index in [4.69, 9.17) is 18.2 Å². The van der Waals surface area contributed by atoms with Gasteiger partial charge in [-0.05, 0) is 72.8 Å². The molecule has 0 bridgehead atoms. The third kappa shape index (κ3) is 4.77. The van der Waals surface area contributed by atoms with Crippen LogP contribution in [0.1, 0.15) is 0 Å². The molecule has 0 unspecified atom stereocenters. The van der Waals surface area contributed by atoms with Gasteiger partial charge < -0.3 is 18.2 Å². The second kappa shape index (κ2) is 11.6. The third-order valence-corrected chi connectivity index (χ3v) is 10.1. The van der Waals surface area contributed by atoms with E-state index in [1.165, 1.54) is 0 Å². The summed E-state index contributed by atoms with van der Waals surface area (Å²) in [5.41, 5.74) is 9.85. The fraction of sp³-hybridized carbons (Fsp3) is 0. The van der Waals surface area contributed by atoms with Crippen molar-refractivity contribution >= 4 is 100 Å². The number of hydrogen-bond acceptors (Lipinski definition) is 6. The van der Waals surface area contributed by atoms with Crippen LogP contribution < -0.4 is 9.80 Å². The minimum atomic E-state index is 0.739. The highest BCUT2D eigenvalue weighted by Crippen LogP contribution is 2.42. The van der Waals surface area contributed by atoms with E-state index in [1.807, 2.05) is 72.9 Å². The van der Waals surface area contributed by atoms with Gasteiger partial charge in [-0.1, -0.05) is 72.8 Å². The molecule has 0 atom stereocenters. The van der Waals surface area contributed by atoms with Gasteiger partial charge >= 0.3 is 0 Å². The van der Waals surface area contributed by atoms with Gasteiger partial charge in [0.25, 0.3) is 0 Å². The van der Waals surface area contributed by atoms with Crippen molar-refractivity contribution in [1.82, 2.24) is 4.98 Å². The highest BCUT2D eigenvalue weighted by atomic mass is 16.3. The van der Waals surface area contributed by atoms with Crippen LogP contribution in [-0.4, -0.2) is 4.98 Å². The molecule has 0 aliphatic heterocycles. The Hall–Kier alpha value is -7.31. The standard InChI is InChI=1S/C47H29N3O3/c1-3-11-30(12-4-1)49(32-19-22-37-35-15-7-9-17-41(35)51-43(37)25-32)33-20-24-39-40-29-48-47(28-46(40)53-45(39)26-33)50(31-13-5-2-6-14-31)34-21-23-38-36-16-8-10-18-42(36)52-44(38)27-34/h1-29H. The van der Waals surface area contributed by atoms with Crippen molar-refractivity contribution in [2.45, 2.75) is 0 Å². The normalized spacial score (nSPS) is 11.8. The van der Waals surface area contributed by atoms with Crippen molar-refractivity contribution in [3.8, 4) is 0 Å². The Balaban J connectivity index is 1.03. The van der Waals surface area contributed by atoms with Crippen molar-refractivity contribution in [1.29, 1.82) is 0 Å². The summed E-state index contributed by atoms with van der Waals surface area (Å²) in [6.45, 7) is 0. The van der Waals surface area contributed by atoms with E-state index < -0.39 is 0 Å². The van der Waals surface area contributed by atoms with Crippen molar-refractivity contribution in [2.75, 3.05) is 9.80 Å². The average molecular weight is 684 g/mol. The maximum atomic E-state index is 6.67. The highest BCUT2D eigenvalue weighted by molar-refractivity contribution is 6.09. The minimum absolute atomic E-state index is 0.739. The van der Waals surface area contributed by atoms with E-state index >= 15 is 0 Å². The fourth-order valence-electron chi connectivity index (χ4n) is 7.63. The molecule has 6 nitrogen and oxygen atoms in total. The molecule has 7 aromatic carbocycles. The van der Waals surface area contributed by atoms with E-state index in [9.17, 15) is 0 Å². The molecule has 53 heavy (non-hydrogen) atoms. The van der Waals surface area contributed by atoms with E-state index in [0.29, 0.717) is 0 Å². The Kier molecular flexibility index (Phi) is 6.45. The van der Waals surface area contributed by atoms with E-state index in [0.717, 1.165) is 100 Å². The zero-order chi connectivity index (χ0) is 34.9. The predicted molar refractivity (Wildman–Crippen MR) is 215 cm³/mol. The predicted octanol–water partition coefficient (Wildman–Crippen LogP) is 13.7. The summed E-state index contributed by atoms with van der Waals surface area (Å²) in [6, 6.07) is 58.0. The molecular weight excluding hydrogens is 655 g/mol. The number of rotatable bonds is 6. The Labute approximate surface area is 303 Å². The zero-order valence-electron chi connectivity index (χ0n) is 28.3. The molecule has 0 amide bonds. The van der Waals surface area contributed by atoms with Gasteiger partial charge in [-0.2, -0.15) is 0 Å². The molecule has 250 valence electrons. The average Bonchev–Trinajstić information content (AvgIpc) is 3.89. The Morgan fingerprint density at radius 2 is 0.698 bits per heavy atom. The molecule has 11 rings (SSSR count). The van der Waals surface area contributed by atoms with Gasteiger partial charge in [-0.15, -0.1) is 0 Å². The molecule has 4 aromatic heterocycles. The molecule has 0 aliphatic carbocycles. The van der Waals surface area contributed by atoms with Gasteiger partial charge in [0, 0.05) is 85.5 Å². The summed E-state index contributed by atoms with van der Waals surface area (Å²) < 4.78 is 19.2. The van der Waals surface area contributed by atoms with Crippen LogP contribution in [0.25, 0.3) is 65.8 Å². The molecular formula is C47H29N3O3. The van der Waals surface area contributed by atoms with E-state index in [2.05, 4.69) is 113 Å². The van der Waals surface area contributed by atoms with Crippen molar-refractivity contribution in [2.24, 2.45) is 0 Å². The first-order valence-corrected chi connectivity index (χ1v) is 17.6. The number of fused-ring (bicyclic) bond motifs is 9. The van der Waals surface area contributed by atoms with Gasteiger partial charge in [-0.25, -0.2) is 4.98 Å².